The molecule has 0 fully saturated rings. The average molecular weight is 374 g/mol. The van der Waals surface area contributed by atoms with Gasteiger partial charge in [-0.1, -0.05) is 54.6 Å². The van der Waals surface area contributed by atoms with Crippen molar-refractivity contribution in [1.82, 2.24) is 0 Å². The van der Waals surface area contributed by atoms with Gasteiger partial charge in [-0.05, 0) is 47.0 Å². The van der Waals surface area contributed by atoms with Crippen molar-refractivity contribution < 1.29 is 19.4 Å². The molecule has 0 amide bonds. The van der Waals surface area contributed by atoms with E-state index < -0.39 is 5.97 Å². The molecule has 1 N–H and O–H groups in total. The summed E-state index contributed by atoms with van der Waals surface area (Å²) in [6.07, 6.45) is 2.46. The number of carboxylic acid groups (broad SMARTS) is 1. The molecule has 0 aliphatic rings. The maximum absolute atomic E-state index is 11.7. The summed E-state index contributed by atoms with van der Waals surface area (Å²) in [5.74, 6) is 0.409. The van der Waals surface area contributed by atoms with Crippen LogP contribution in [0.5, 0.6) is 11.5 Å². The molecule has 0 spiro atoms. The van der Waals surface area contributed by atoms with Crippen LogP contribution < -0.4 is 9.47 Å². The molecule has 0 saturated heterocycles. The maximum Gasteiger partial charge on any atom is 0.336 e. The second-order valence-electron chi connectivity index (χ2n) is 6.25. The van der Waals surface area contributed by atoms with E-state index in [2.05, 4.69) is 12.1 Å². The SMILES string of the molecule is COc1ccc(/C(=C/c2cccc(OCCc3ccccc3)c2)C(=O)O)cc1. The van der Waals surface area contributed by atoms with Crippen LogP contribution in [0.3, 0.4) is 0 Å². The number of aliphatic carboxylic acids is 1. The molecule has 0 aliphatic carbocycles. The number of benzene rings is 3. The Morgan fingerprint density at radius 3 is 2.36 bits per heavy atom. The van der Waals surface area contributed by atoms with Crippen LogP contribution >= 0.6 is 0 Å². The molecule has 0 atom stereocenters. The number of hydrogen-bond donors (Lipinski definition) is 1. The number of rotatable bonds is 8. The Morgan fingerprint density at radius 1 is 0.929 bits per heavy atom. The zero-order valence-electron chi connectivity index (χ0n) is 15.7. The lowest BCUT2D eigenvalue weighted by molar-refractivity contribution is -0.130. The molecule has 0 aromatic heterocycles. The smallest absolute Gasteiger partial charge is 0.336 e. The van der Waals surface area contributed by atoms with Crippen LogP contribution in [-0.2, 0) is 11.2 Å². The Bertz CT molecular complexity index is 944. The highest BCUT2D eigenvalue weighted by molar-refractivity contribution is 6.20. The average Bonchev–Trinajstić information content (AvgIpc) is 2.73. The Kier molecular flexibility index (Phi) is 6.47. The summed E-state index contributed by atoms with van der Waals surface area (Å²) < 4.78 is 11.0. The number of carboxylic acids is 1. The Balaban J connectivity index is 1.74. The van der Waals surface area contributed by atoms with Gasteiger partial charge in [-0.2, -0.15) is 0 Å². The topological polar surface area (TPSA) is 55.8 Å². The van der Waals surface area contributed by atoms with Crippen molar-refractivity contribution in [1.29, 1.82) is 0 Å². The minimum atomic E-state index is -0.986. The molecule has 0 saturated carbocycles. The molecule has 0 aliphatic heterocycles. The predicted molar refractivity (Wildman–Crippen MR) is 111 cm³/mol. The zero-order valence-corrected chi connectivity index (χ0v) is 15.7. The van der Waals surface area contributed by atoms with Crippen molar-refractivity contribution in [2.75, 3.05) is 13.7 Å². The third-order valence-electron chi connectivity index (χ3n) is 4.30. The molecular formula is C24H22O4. The molecule has 0 unspecified atom stereocenters. The molecule has 0 bridgehead atoms. The lowest BCUT2D eigenvalue weighted by Gasteiger charge is -2.08. The fourth-order valence-electron chi connectivity index (χ4n) is 2.83. The van der Waals surface area contributed by atoms with Crippen molar-refractivity contribution in [3.05, 3.63) is 95.6 Å². The predicted octanol–water partition coefficient (Wildman–Crippen LogP) is 4.94. The van der Waals surface area contributed by atoms with Crippen LogP contribution in [-0.4, -0.2) is 24.8 Å². The van der Waals surface area contributed by atoms with Crippen molar-refractivity contribution in [3.8, 4) is 11.5 Å². The normalized spacial score (nSPS) is 11.1. The number of methoxy groups -OCH3 is 1. The van der Waals surface area contributed by atoms with Gasteiger partial charge >= 0.3 is 5.97 Å². The van der Waals surface area contributed by atoms with E-state index in [0.717, 1.165) is 12.0 Å². The van der Waals surface area contributed by atoms with Gasteiger partial charge in [0.15, 0.2) is 0 Å². The summed E-state index contributed by atoms with van der Waals surface area (Å²) in [5, 5.41) is 9.62. The van der Waals surface area contributed by atoms with E-state index in [9.17, 15) is 9.90 Å². The Morgan fingerprint density at radius 2 is 1.68 bits per heavy atom. The second-order valence-corrected chi connectivity index (χ2v) is 6.25. The lowest BCUT2D eigenvalue weighted by atomic mass is 10.0. The summed E-state index contributed by atoms with van der Waals surface area (Å²) in [6, 6.07) is 24.5. The third kappa shape index (κ3) is 5.24. The highest BCUT2D eigenvalue weighted by Gasteiger charge is 2.11. The van der Waals surface area contributed by atoms with Crippen molar-refractivity contribution >= 4 is 17.6 Å². The van der Waals surface area contributed by atoms with E-state index in [4.69, 9.17) is 9.47 Å². The summed E-state index contributed by atoms with van der Waals surface area (Å²) in [6.45, 7) is 0.557. The van der Waals surface area contributed by atoms with Gasteiger partial charge in [0, 0.05) is 6.42 Å². The Labute approximate surface area is 164 Å². The van der Waals surface area contributed by atoms with Crippen molar-refractivity contribution in [2.24, 2.45) is 0 Å². The molecular weight excluding hydrogens is 352 g/mol. The monoisotopic (exact) mass is 374 g/mol. The van der Waals surface area contributed by atoms with Gasteiger partial charge in [-0.15, -0.1) is 0 Å². The molecule has 3 aromatic carbocycles. The molecule has 0 heterocycles. The van der Waals surface area contributed by atoms with Crippen molar-refractivity contribution in [2.45, 2.75) is 6.42 Å². The van der Waals surface area contributed by atoms with Gasteiger partial charge in [0.1, 0.15) is 11.5 Å². The first-order chi connectivity index (χ1) is 13.7. The molecule has 0 radical (unpaired) electrons. The van der Waals surface area contributed by atoms with Crippen LogP contribution in [0.25, 0.3) is 11.6 Å². The minimum absolute atomic E-state index is 0.212. The van der Waals surface area contributed by atoms with Gasteiger partial charge in [0.05, 0.1) is 19.3 Å². The van der Waals surface area contributed by atoms with E-state index in [1.807, 2.05) is 42.5 Å². The van der Waals surface area contributed by atoms with Crippen LogP contribution in [0.15, 0.2) is 78.9 Å². The van der Waals surface area contributed by atoms with Gasteiger partial charge in [0.2, 0.25) is 0 Å². The van der Waals surface area contributed by atoms with Crippen LogP contribution in [0.1, 0.15) is 16.7 Å². The molecule has 3 aromatic rings. The lowest BCUT2D eigenvalue weighted by Crippen LogP contribution is -2.02. The summed E-state index contributed by atoms with van der Waals surface area (Å²) in [7, 11) is 1.58. The van der Waals surface area contributed by atoms with Crippen LogP contribution in [0.4, 0.5) is 0 Å². The molecule has 3 rings (SSSR count). The molecule has 4 nitrogen and oxygen atoms in total. The van der Waals surface area contributed by atoms with Gasteiger partial charge in [0.25, 0.3) is 0 Å². The number of hydrogen-bond acceptors (Lipinski definition) is 3. The van der Waals surface area contributed by atoms with Crippen LogP contribution in [0.2, 0.25) is 0 Å². The van der Waals surface area contributed by atoms with E-state index in [1.54, 1.807) is 37.5 Å². The minimum Gasteiger partial charge on any atom is -0.497 e. The van der Waals surface area contributed by atoms with Gasteiger partial charge in [-0.25, -0.2) is 4.79 Å². The van der Waals surface area contributed by atoms with Crippen LogP contribution in [0, 0.1) is 0 Å². The zero-order chi connectivity index (χ0) is 19.8. The van der Waals surface area contributed by atoms with E-state index in [0.29, 0.717) is 23.7 Å². The second kappa shape index (κ2) is 9.42. The summed E-state index contributed by atoms with van der Waals surface area (Å²) >= 11 is 0. The quantitative estimate of drug-likeness (QED) is 0.448. The van der Waals surface area contributed by atoms with E-state index >= 15 is 0 Å². The number of ether oxygens (including phenoxy) is 2. The maximum atomic E-state index is 11.7. The van der Waals surface area contributed by atoms with Crippen molar-refractivity contribution in [3.63, 3.8) is 0 Å². The summed E-state index contributed by atoms with van der Waals surface area (Å²) in [5.41, 5.74) is 2.81. The standard InChI is InChI=1S/C24H22O4/c1-27-21-12-10-20(11-13-21)23(24(25)26)17-19-8-5-9-22(16-19)28-15-14-18-6-3-2-4-7-18/h2-13,16-17H,14-15H2,1H3,(H,25,26)/b23-17-. The van der Waals surface area contributed by atoms with E-state index in [1.165, 1.54) is 5.56 Å². The van der Waals surface area contributed by atoms with Gasteiger partial charge < -0.3 is 14.6 Å². The third-order valence-corrected chi connectivity index (χ3v) is 4.30. The first-order valence-corrected chi connectivity index (χ1v) is 9.02. The number of carbonyl (C=O) groups is 1. The fourth-order valence-corrected chi connectivity index (χ4v) is 2.83. The molecule has 142 valence electrons. The van der Waals surface area contributed by atoms with E-state index in [-0.39, 0.29) is 5.57 Å². The highest BCUT2D eigenvalue weighted by Crippen LogP contribution is 2.23. The Hall–Kier alpha value is -3.53. The largest absolute Gasteiger partial charge is 0.497 e. The fraction of sp³-hybridized carbons (Fsp3) is 0.125. The first-order valence-electron chi connectivity index (χ1n) is 9.02. The molecule has 28 heavy (non-hydrogen) atoms. The first kappa shape index (κ1) is 19.2. The molecule has 4 heteroatoms. The highest BCUT2D eigenvalue weighted by atomic mass is 16.5. The van der Waals surface area contributed by atoms with Gasteiger partial charge in [-0.3, -0.25) is 0 Å². The summed E-state index contributed by atoms with van der Waals surface area (Å²) in [4.78, 5) is 11.7.